The third kappa shape index (κ3) is 34.5. The van der Waals surface area contributed by atoms with Gasteiger partial charge in [-0.1, -0.05) is 466 Å². The number of rotatable bonds is 76. The van der Waals surface area contributed by atoms with E-state index >= 15 is 0 Å². The summed E-state index contributed by atoms with van der Waals surface area (Å²) in [6, 6.07) is 5.95. The van der Waals surface area contributed by atoms with Gasteiger partial charge in [-0.25, -0.2) is 0 Å². The third-order valence-corrected chi connectivity index (χ3v) is 52.5. The first-order valence-electron chi connectivity index (χ1n) is 53.2. The molecule has 2 aliphatic rings. The summed E-state index contributed by atoms with van der Waals surface area (Å²) in [6.07, 6.45) is 102. The van der Waals surface area contributed by atoms with E-state index in [0.717, 1.165) is 0 Å². The summed E-state index contributed by atoms with van der Waals surface area (Å²) in [6.45, 7) is 18.8. The molecule has 0 saturated heterocycles. The van der Waals surface area contributed by atoms with Crippen LogP contribution in [0.2, 0.25) is 24.2 Å². The minimum atomic E-state index is -1.99. The maximum atomic E-state index is 4.34. The summed E-state index contributed by atoms with van der Waals surface area (Å²) < 4.78 is 19.4. The second-order valence-corrected chi connectivity index (χ2v) is 57.7. The van der Waals surface area contributed by atoms with E-state index < -0.39 is 16.1 Å². The average Bonchev–Trinajstić information content (AvgIpc) is 1.52. The molecule has 0 spiro atoms. The van der Waals surface area contributed by atoms with Crippen LogP contribution < -0.4 is 20.7 Å². The number of nitrogens with zero attached hydrogens (tertiary/aromatic N) is 1. The summed E-state index contributed by atoms with van der Waals surface area (Å²) in [5.74, 6) is 0. The molecule has 0 unspecified atom stereocenters. The summed E-state index contributed by atoms with van der Waals surface area (Å²) >= 11 is 29.3. The van der Waals surface area contributed by atoms with Crippen LogP contribution in [0.5, 0.6) is 0 Å². The molecule has 1 nitrogen and oxygen atoms in total. The molecule has 0 bridgehead atoms. The van der Waals surface area contributed by atoms with E-state index in [0.29, 0.717) is 0 Å². The molecule has 0 aliphatic carbocycles. The average molecular weight is 2010 g/mol. The molecular formula is C108H179BBr2NS9Si2. The molecule has 123 heavy (non-hydrogen) atoms. The number of fused-ring (bicyclic) bond motifs is 14. The van der Waals surface area contributed by atoms with Crippen molar-refractivity contribution in [3.05, 3.63) is 40.6 Å². The molecule has 695 valence electrons. The fourth-order valence-electron chi connectivity index (χ4n) is 21.1. The Kier molecular flexibility index (Phi) is 58.1. The van der Waals surface area contributed by atoms with Gasteiger partial charge in [-0.05, 0) is 161 Å². The van der Waals surface area contributed by atoms with Crippen molar-refractivity contribution in [3.8, 4) is 19.5 Å². The van der Waals surface area contributed by atoms with Crippen LogP contribution in [0.1, 0.15) is 514 Å². The monoisotopic (exact) mass is 2000 g/mol. The summed E-state index contributed by atoms with van der Waals surface area (Å²) in [5.41, 5.74) is 6.74. The Morgan fingerprint density at radius 3 is 0.634 bits per heavy atom. The summed E-state index contributed by atoms with van der Waals surface area (Å²) in [7, 11) is 0.444. The molecule has 0 amide bonds. The van der Waals surface area contributed by atoms with E-state index in [4.69, 9.17) is 0 Å². The van der Waals surface area contributed by atoms with Crippen molar-refractivity contribution in [2.45, 2.75) is 542 Å². The SMILES string of the molecule is CCCCCCCCCCCCCc1c(Br)sc2c3c(sc12)-c1sc2c(CCCCCCCCCCCCC)c(Br)sc2c1[Si]3(CCCCCCCC)CCCCCCCC.CCCCCCCCCCCCCc1csc2c3c(sc12)-c1sc2c(CCCCCCCCCCCCC)csc2c1[Si]3(CCCCCCCC)CCCCCCCC.[B]=NS. The number of thiol groups is 1. The zero-order valence-electron chi connectivity index (χ0n) is 80.4. The molecule has 15 heteroatoms. The van der Waals surface area contributed by atoms with E-state index in [1.165, 1.54) is 494 Å². The fourth-order valence-corrected chi connectivity index (χ4v) is 51.0. The van der Waals surface area contributed by atoms with Crippen molar-refractivity contribution in [2.75, 3.05) is 0 Å². The second-order valence-electron chi connectivity index (χ2n) is 38.6. The van der Waals surface area contributed by atoms with Gasteiger partial charge in [0, 0.05) is 57.1 Å². The van der Waals surface area contributed by atoms with E-state index in [9.17, 15) is 0 Å². The maximum absolute atomic E-state index is 4.34. The predicted molar refractivity (Wildman–Crippen MR) is 593 cm³/mol. The number of halogens is 2. The first-order valence-corrected chi connectivity index (χ1v) is 66.7. The molecular weight excluding hydrogens is 1830 g/mol. The molecule has 0 saturated carbocycles. The van der Waals surface area contributed by atoms with Gasteiger partial charge in [-0.15, -0.1) is 90.7 Å². The van der Waals surface area contributed by atoms with Gasteiger partial charge < -0.3 is 0 Å². The Morgan fingerprint density at radius 2 is 0.415 bits per heavy atom. The Hall–Kier alpha value is 0.249. The summed E-state index contributed by atoms with van der Waals surface area (Å²) in [5, 5.41) is 13.0. The van der Waals surface area contributed by atoms with Crippen LogP contribution in [0.15, 0.2) is 22.6 Å². The summed E-state index contributed by atoms with van der Waals surface area (Å²) in [4.78, 5) is 7.05. The van der Waals surface area contributed by atoms with Gasteiger partial charge in [0.25, 0.3) is 0 Å². The molecule has 0 aromatic carbocycles. The van der Waals surface area contributed by atoms with Gasteiger partial charge in [0.2, 0.25) is 0 Å². The van der Waals surface area contributed by atoms with Crippen molar-refractivity contribution in [1.29, 1.82) is 0 Å². The number of unbranched alkanes of at least 4 members (excludes halogenated alkanes) is 60. The molecule has 1 radical (unpaired) electrons. The first kappa shape index (κ1) is 109. The van der Waals surface area contributed by atoms with E-state index in [-0.39, 0.29) is 0 Å². The van der Waals surface area contributed by atoms with E-state index in [1.54, 1.807) is 79.4 Å². The Bertz CT molecular complexity index is 3770. The molecule has 10 heterocycles. The predicted octanol–water partition coefficient (Wildman–Crippen LogP) is 42.1. The van der Waals surface area contributed by atoms with E-state index in [2.05, 4.69) is 213 Å². The van der Waals surface area contributed by atoms with Gasteiger partial charge >= 0.3 is 24.8 Å². The number of thiophene rings is 8. The van der Waals surface area contributed by atoms with Crippen LogP contribution in [0, 0.1) is 0 Å². The van der Waals surface area contributed by atoms with Crippen LogP contribution in [0.25, 0.3) is 57.1 Å². The Morgan fingerprint density at radius 1 is 0.236 bits per heavy atom. The number of aryl methyl sites for hydroxylation is 4. The van der Waals surface area contributed by atoms with Crippen molar-refractivity contribution in [2.24, 2.45) is 4.30 Å². The van der Waals surface area contributed by atoms with Crippen LogP contribution in [-0.4, -0.2) is 23.8 Å². The quantitative estimate of drug-likeness (QED) is 0.0222. The van der Waals surface area contributed by atoms with Gasteiger partial charge in [-0.3, -0.25) is 0 Å². The van der Waals surface area contributed by atoms with Gasteiger partial charge in [0.1, 0.15) is 16.1 Å². The molecule has 8 aromatic rings. The molecule has 0 atom stereocenters. The van der Waals surface area contributed by atoms with Gasteiger partial charge in [-0.2, -0.15) is 0 Å². The fraction of sp³-hybridized carbons (Fsp3) is 0.778. The molecule has 10 rings (SSSR count). The normalized spacial score (nSPS) is 13.2. The second kappa shape index (κ2) is 65.8. The zero-order chi connectivity index (χ0) is 87.2. The number of hydrogen-bond donors (Lipinski definition) is 1. The van der Waals surface area contributed by atoms with Crippen molar-refractivity contribution in [1.82, 2.24) is 0 Å². The third-order valence-electron chi connectivity index (χ3n) is 28.4. The van der Waals surface area contributed by atoms with Crippen LogP contribution in [-0.2, 0) is 25.7 Å². The standard InChI is InChI=1S/C54H88Br2S4Si.C54H90S4Si.BHNS/c1-5-9-13-17-21-23-25-27-29-31-35-39-43-45-47(59-53(43)55)51-49(57-45)50-52(61(51,41-37-33-19-15-11-7-3)42-38-34-20-16-12-8-4)48-46(58-50)44(54(56)60-48)40-36-32-30-28-26-24-22-18-14-10-6-2;1-5-9-13-17-21-23-25-27-29-31-35-39-45-43-55-49-47(45)57-51-52-54(59(53(49)51,41-37-33-19-15-11-7-3)42-38-34-20-16-12-8-4)50-48(58-52)46(44-56-50)40-36-32-30-28-26-24-22-18-14-10-6-2;1-2-3/h5-42H2,1-4H3;43-44H,5-42H2,1-4H3;3H. The van der Waals surface area contributed by atoms with Gasteiger partial charge in [0.15, 0.2) is 0 Å². The van der Waals surface area contributed by atoms with Crippen molar-refractivity contribution in [3.63, 3.8) is 0 Å². The molecule has 8 aromatic heterocycles. The van der Waals surface area contributed by atoms with E-state index in [1.807, 2.05) is 20.7 Å². The minimum absolute atomic E-state index is 1.25. The number of hydrogen-bond acceptors (Lipinski definition) is 10. The first-order chi connectivity index (χ1) is 60.6. The molecule has 2 aliphatic heterocycles. The molecule has 0 fully saturated rings. The van der Waals surface area contributed by atoms with Crippen molar-refractivity contribution >= 4 is 218 Å². The van der Waals surface area contributed by atoms with Crippen LogP contribution >= 0.6 is 135 Å². The van der Waals surface area contributed by atoms with Crippen molar-refractivity contribution < 1.29 is 0 Å². The Balaban J connectivity index is 0.000000296. The zero-order valence-corrected chi connectivity index (χ0v) is 93.0. The van der Waals surface area contributed by atoms with Crippen LogP contribution in [0.3, 0.4) is 0 Å². The molecule has 0 N–H and O–H groups in total. The Labute approximate surface area is 815 Å². The van der Waals surface area contributed by atoms with Gasteiger partial charge in [0.05, 0.1) is 7.57 Å². The van der Waals surface area contributed by atoms with Crippen LogP contribution in [0.4, 0.5) is 0 Å². The topological polar surface area (TPSA) is 12.4 Å².